The average Bonchev–Trinajstić information content (AvgIpc) is 2.16. The molecule has 0 aliphatic heterocycles. The van der Waals surface area contributed by atoms with E-state index in [1.54, 1.807) is 19.1 Å². The first kappa shape index (κ1) is 12.6. The molecule has 0 aromatic heterocycles. The smallest absolute Gasteiger partial charge is 0.320 e. The number of nitrogens with two attached hydrogens (primary N) is 1. The summed E-state index contributed by atoms with van der Waals surface area (Å²) in [5.41, 5.74) is 6.27. The Bertz CT molecular complexity index is 394. The van der Waals surface area contributed by atoms with E-state index < -0.39 is 18.4 Å². The average molecular weight is 229 g/mol. The lowest BCUT2D eigenvalue weighted by Gasteiger charge is -2.12. The fourth-order valence-corrected chi connectivity index (χ4v) is 1.45. The molecule has 0 fully saturated rings. The second-order valence-corrected chi connectivity index (χ2v) is 3.65. The number of carboxylic acids is 1. The van der Waals surface area contributed by atoms with Gasteiger partial charge in [-0.3, -0.25) is 4.79 Å². The van der Waals surface area contributed by atoms with Gasteiger partial charge in [0, 0.05) is 5.56 Å². The van der Waals surface area contributed by atoms with Crippen molar-refractivity contribution in [1.82, 2.24) is 0 Å². The van der Waals surface area contributed by atoms with Crippen molar-refractivity contribution in [2.45, 2.75) is 25.8 Å². The summed E-state index contributed by atoms with van der Waals surface area (Å²) in [6.45, 7) is 1.76. The molecule has 0 bridgehead atoms. The molecule has 1 aromatic carbocycles. The van der Waals surface area contributed by atoms with Crippen LogP contribution in [0.15, 0.2) is 18.2 Å². The van der Waals surface area contributed by atoms with Crippen LogP contribution in [0.1, 0.15) is 23.1 Å². The van der Waals surface area contributed by atoms with Crippen molar-refractivity contribution < 1.29 is 18.7 Å². The molecule has 0 aliphatic carbocycles. The SMILES string of the molecule is Cc1ccc(C(F)F)c(CC(N)C(=O)O)c1. The van der Waals surface area contributed by atoms with Crippen LogP contribution in [0.2, 0.25) is 0 Å². The lowest BCUT2D eigenvalue weighted by atomic mass is 9.98. The van der Waals surface area contributed by atoms with Crippen LogP contribution < -0.4 is 5.73 Å². The van der Waals surface area contributed by atoms with Gasteiger partial charge in [-0.15, -0.1) is 0 Å². The molecule has 88 valence electrons. The molecule has 5 heteroatoms. The van der Waals surface area contributed by atoms with Crippen LogP contribution in [0.25, 0.3) is 0 Å². The number of carbonyl (C=O) groups is 1. The molecule has 0 saturated heterocycles. The first-order chi connectivity index (χ1) is 7.41. The number of carboxylic acid groups (broad SMARTS) is 1. The molecule has 0 saturated carbocycles. The Morgan fingerprint density at radius 1 is 1.50 bits per heavy atom. The maximum Gasteiger partial charge on any atom is 0.320 e. The molecule has 0 spiro atoms. The summed E-state index contributed by atoms with van der Waals surface area (Å²) >= 11 is 0. The molecule has 16 heavy (non-hydrogen) atoms. The van der Waals surface area contributed by atoms with Crippen LogP contribution in [0.3, 0.4) is 0 Å². The molecule has 1 rings (SSSR count). The van der Waals surface area contributed by atoms with Crippen molar-refractivity contribution in [2.24, 2.45) is 5.73 Å². The van der Waals surface area contributed by atoms with E-state index in [9.17, 15) is 13.6 Å². The van der Waals surface area contributed by atoms with E-state index in [1.165, 1.54) is 6.07 Å². The van der Waals surface area contributed by atoms with Gasteiger partial charge in [0.05, 0.1) is 0 Å². The van der Waals surface area contributed by atoms with E-state index in [4.69, 9.17) is 10.8 Å². The zero-order valence-electron chi connectivity index (χ0n) is 8.78. The summed E-state index contributed by atoms with van der Waals surface area (Å²) in [7, 11) is 0. The molecular formula is C11H13F2NO2. The number of rotatable bonds is 4. The molecule has 1 aromatic rings. The van der Waals surface area contributed by atoms with Gasteiger partial charge in [-0.05, 0) is 18.9 Å². The molecule has 1 atom stereocenters. The second kappa shape index (κ2) is 5.03. The molecule has 0 aliphatic rings. The summed E-state index contributed by atoms with van der Waals surface area (Å²) in [5, 5.41) is 8.63. The normalized spacial score (nSPS) is 12.8. The summed E-state index contributed by atoms with van der Waals surface area (Å²) in [6.07, 6.45) is -2.70. The zero-order valence-corrected chi connectivity index (χ0v) is 8.78. The Kier molecular flexibility index (Phi) is 3.95. The highest BCUT2D eigenvalue weighted by Crippen LogP contribution is 2.24. The van der Waals surface area contributed by atoms with E-state index in [0.29, 0.717) is 5.56 Å². The van der Waals surface area contributed by atoms with Gasteiger partial charge >= 0.3 is 5.97 Å². The number of benzene rings is 1. The van der Waals surface area contributed by atoms with Gasteiger partial charge in [0.2, 0.25) is 0 Å². The van der Waals surface area contributed by atoms with Crippen molar-refractivity contribution >= 4 is 5.97 Å². The first-order valence-electron chi connectivity index (χ1n) is 4.77. The maximum absolute atomic E-state index is 12.6. The van der Waals surface area contributed by atoms with Crippen LogP contribution in [-0.2, 0) is 11.2 Å². The lowest BCUT2D eigenvalue weighted by Crippen LogP contribution is -2.32. The molecule has 0 amide bonds. The van der Waals surface area contributed by atoms with Crippen LogP contribution in [0.5, 0.6) is 0 Å². The molecule has 3 N–H and O–H groups in total. The van der Waals surface area contributed by atoms with Crippen LogP contribution in [0.4, 0.5) is 8.78 Å². The van der Waals surface area contributed by atoms with Gasteiger partial charge in [0.25, 0.3) is 6.43 Å². The van der Waals surface area contributed by atoms with E-state index in [2.05, 4.69) is 0 Å². The van der Waals surface area contributed by atoms with E-state index in [0.717, 1.165) is 5.56 Å². The quantitative estimate of drug-likeness (QED) is 0.828. The molecule has 3 nitrogen and oxygen atoms in total. The third-order valence-corrected chi connectivity index (χ3v) is 2.29. The second-order valence-electron chi connectivity index (χ2n) is 3.65. The standard InChI is InChI=1S/C11H13F2NO2/c1-6-2-3-8(10(12)13)7(4-6)5-9(14)11(15)16/h2-4,9-10H,5,14H2,1H3,(H,15,16). The Balaban J connectivity index is 3.01. The van der Waals surface area contributed by atoms with E-state index >= 15 is 0 Å². The predicted octanol–water partition coefficient (Wildman–Crippen LogP) is 1.89. The van der Waals surface area contributed by atoms with Crippen molar-refractivity contribution in [2.75, 3.05) is 0 Å². The third kappa shape index (κ3) is 3.00. The summed E-state index contributed by atoms with van der Waals surface area (Å²) in [4.78, 5) is 10.6. The van der Waals surface area contributed by atoms with Gasteiger partial charge in [-0.1, -0.05) is 23.8 Å². The number of halogens is 2. The largest absolute Gasteiger partial charge is 0.480 e. The highest BCUT2D eigenvalue weighted by atomic mass is 19.3. The van der Waals surface area contributed by atoms with Gasteiger partial charge in [0.1, 0.15) is 6.04 Å². The fraction of sp³-hybridized carbons (Fsp3) is 0.364. The lowest BCUT2D eigenvalue weighted by molar-refractivity contribution is -0.138. The van der Waals surface area contributed by atoms with Gasteiger partial charge in [0.15, 0.2) is 0 Å². The van der Waals surface area contributed by atoms with Crippen molar-refractivity contribution in [3.63, 3.8) is 0 Å². The van der Waals surface area contributed by atoms with Crippen LogP contribution in [-0.4, -0.2) is 17.1 Å². The highest BCUT2D eigenvalue weighted by Gasteiger charge is 2.18. The Morgan fingerprint density at radius 2 is 2.12 bits per heavy atom. The number of alkyl halides is 2. The minimum atomic E-state index is -2.61. The van der Waals surface area contributed by atoms with Crippen molar-refractivity contribution in [3.8, 4) is 0 Å². The number of hydrogen-bond donors (Lipinski definition) is 2. The number of hydrogen-bond acceptors (Lipinski definition) is 2. The number of aryl methyl sites for hydroxylation is 1. The molecular weight excluding hydrogens is 216 g/mol. The Hall–Kier alpha value is -1.49. The minimum absolute atomic E-state index is 0.0866. The maximum atomic E-state index is 12.6. The highest BCUT2D eigenvalue weighted by molar-refractivity contribution is 5.73. The number of aliphatic carboxylic acids is 1. The summed E-state index contributed by atoms with van der Waals surface area (Å²) < 4.78 is 25.2. The van der Waals surface area contributed by atoms with Gasteiger partial charge in [-0.25, -0.2) is 8.78 Å². The van der Waals surface area contributed by atoms with E-state index in [-0.39, 0.29) is 12.0 Å². The van der Waals surface area contributed by atoms with E-state index in [1.807, 2.05) is 0 Å². The summed E-state index contributed by atoms with van der Waals surface area (Å²) in [6, 6.07) is 3.27. The Labute approximate surface area is 91.9 Å². The molecule has 0 heterocycles. The predicted molar refractivity (Wildman–Crippen MR) is 55.5 cm³/mol. The fourth-order valence-electron chi connectivity index (χ4n) is 1.45. The monoisotopic (exact) mass is 229 g/mol. The molecule has 1 unspecified atom stereocenters. The third-order valence-electron chi connectivity index (χ3n) is 2.29. The minimum Gasteiger partial charge on any atom is -0.480 e. The van der Waals surface area contributed by atoms with Gasteiger partial charge in [-0.2, -0.15) is 0 Å². The van der Waals surface area contributed by atoms with Crippen LogP contribution >= 0.6 is 0 Å². The Morgan fingerprint density at radius 3 is 2.62 bits per heavy atom. The van der Waals surface area contributed by atoms with Gasteiger partial charge < -0.3 is 10.8 Å². The zero-order chi connectivity index (χ0) is 12.3. The van der Waals surface area contributed by atoms with Crippen LogP contribution in [0, 0.1) is 6.92 Å². The van der Waals surface area contributed by atoms with Crippen molar-refractivity contribution in [1.29, 1.82) is 0 Å². The topological polar surface area (TPSA) is 63.3 Å². The first-order valence-corrected chi connectivity index (χ1v) is 4.77. The summed E-state index contributed by atoms with van der Waals surface area (Å²) in [5.74, 6) is -1.19. The van der Waals surface area contributed by atoms with Crippen molar-refractivity contribution in [3.05, 3.63) is 34.9 Å². The molecule has 0 radical (unpaired) electrons.